The molecule has 174 valence electrons. The standard InChI is InChI=1S/C27H26FN3O3/c1-34-24-13-12-23-27(30-24)31-26(29-23)21-11-10-20(15-22(21)28)19-8-6-18(7-9-19)17-4-2-16(3-5-17)14-25(32)33/h6-13,15-17H,2-5,14H2,1H3,(H,32,33)(H,29,30,31). The first-order chi connectivity index (χ1) is 16.5. The fourth-order valence-corrected chi connectivity index (χ4v) is 4.90. The molecule has 2 aromatic carbocycles. The zero-order valence-electron chi connectivity index (χ0n) is 18.9. The summed E-state index contributed by atoms with van der Waals surface area (Å²) < 4.78 is 20.2. The maximum Gasteiger partial charge on any atom is 0.303 e. The highest BCUT2D eigenvalue weighted by Crippen LogP contribution is 2.38. The number of hydrogen-bond acceptors (Lipinski definition) is 4. The summed E-state index contributed by atoms with van der Waals surface area (Å²) in [6.45, 7) is 0. The number of fused-ring (bicyclic) bond motifs is 1. The van der Waals surface area contributed by atoms with Crippen LogP contribution in [0.1, 0.15) is 43.6 Å². The summed E-state index contributed by atoms with van der Waals surface area (Å²) in [5, 5.41) is 9.00. The number of aromatic nitrogens is 3. The van der Waals surface area contributed by atoms with E-state index in [9.17, 15) is 4.79 Å². The molecule has 0 amide bonds. The van der Waals surface area contributed by atoms with Crippen LogP contribution in [0.2, 0.25) is 0 Å². The first-order valence-corrected chi connectivity index (χ1v) is 11.5. The van der Waals surface area contributed by atoms with E-state index in [1.54, 1.807) is 19.2 Å². The minimum absolute atomic E-state index is 0.270. The van der Waals surface area contributed by atoms with Crippen molar-refractivity contribution in [2.75, 3.05) is 7.11 Å². The van der Waals surface area contributed by atoms with Crippen molar-refractivity contribution in [3.05, 3.63) is 66.0 Å². The molecule has 6 nitrogen and oxygen atoms in total. The molecule has 0 aliphatic heterocycles. The Balaban J connectivity index is 1.31. The fourth-order valence-electron chi connectivity index (χ4n) is 4.90. The topological polar surface area (TPSA) is 88.1 Å². The number of rotatable bonds is 6. The summed E-state index contributed by atoms with van der Waals surface area (Å²) in [7, 11) is 1.54. The molecule has 2 N–H and O–H groups in total. The maximum absolute atomic E-state index is 15.0. The molecule has 0 radical (unpaired) electrons. The van der Waals surface area contributed by atoms with Crippen molar-refractivity contribution in [1.29, 1.82) is 0 Å². The lowest BCUT2D eigenvalue weighted by Crippen LogP contribution is -2.16. The van der Waals surface area contributed by atoms with Crippen molar-refractivity contribution < 1.29 is 19.0 Å². The number of ether oxygens (including phenoxy) is 1. The third kappa shape index (κ3) is 4.51. The Kier molecular flexibility index (Phi) is 6.01. The van der Waals surface area contributed by atoms with E-state index in [0.717, 1.165) is 36.8 Å². The molecule has 0 unspecified atom stereocenters. The van der Waals surface area contributed by atoms with Gasteiger partial charge in [-0.05, 0) is 72.4 Å². The van der Waals surface area contributed by atoms with Crippen LogP contribution in [-0.4, -0.2) is 33.1 Å². The van der Waals surface area contributed by atoms with E-state index < -0.39 is 5.97 Å². The first-order valence-electron chi connectivity index (χ1n) is 11.5. The van der Waals surface area contributed by atoms with Gasteiger partial charge in [0.05, 0.1) is 18.2 Å². The number of carboxylic acid groups (broad SMARTS) is 1. The minimum Gasteiger partial charge on any atom is -0.481 e. The number of carbonyl (C=O) groups is 1. The van der Waals surface area contributed by atoms with Crippen molar-refractivity contribution in [2.45, 2.75) is 38.0 Å². The van der Waals surface area contributed by atoms with Gasteiger partial charge >= 0.3 is 5.97 Å². The number of methoxy groups -OCH3 is 1. The summed E-state index contributed by atoms with van der Waals surface area (Å²) in [4.78, 5) is 22.8. The second-order valence-electron chi connectivity index (χ2n) is 8.94. The van der Waals surface area contributed by atoms with Crippen LogP contribution in [0.15, 0.2) is 54.6 Å². The Hall–Kier alpha value is -3.74. The van der Waals surface area contributed by atoms with Crippen LogP contribution in [-0.2, 0) is 4.79 Å². The number of imidazole rings is 1. The van der Waals surface area contributed by atoms with Crippen molar-refractivity contribution in [3.63, 3.8) is 0 Å². The van der Waals surface area contributed by atoms with Gasteiger partial charge in [0.2, 0.25) is 5.88 Å². The van der Waals surface area contributed by atoms with Crippen molar-refractivity contribution in [2.24, 2.45) is 5.92 Å². The molecule has 0 spiro atoms. The maximum atomic E-state index is 15.0. The lowest BCUT2D eigenvalue weighted by atomic mass is 9.77. The second-order valence-corrected chi connectivity index (χ2v) is 8.94. The number of aromatic amines is 1. The van der Waals surface area contributed by atoms with Crippen LogP contribution < -0.4 is 4.74 Å². The largest absolute Gasteiger partial charge is 0.481 e. The molecule has 1 fully saturated rings. The van der Waals surface area contributed by atoms with E-state index >= 15 is 4.39 Å². The number of H-pyrrole nitrogens is 1. The fraction of sp³-hybridized carbons (Fsp3) is 0.296. The van der Waals surface area contributed by atoms with E-state index in [-0.39, 0.29) is 12.2 Å². The molecule has 2 aromatic heterocycles. The Morgan fingerprint density at radius 3 is 2.44 bits per heavy atom. The molecule has 34 heavy (non-hydrogen) atoms. The van der Waals surface area contributed by atoms with Crippen LogP contribution >= 0.6 is 0 Å². The minimum atomic E-state index is -0.705. The highest BCUT2D eigenvalue weighted by atomic mass is 19.1. The number of benzene rings is 2. The van der Waals surface area contributed by atoms with Gasteiger partial charge in [-0.3, -0.25) is 4.79 Å². The number of halogens is 1. The smallest absolute Gasteiger partial charge is 0.303 e. The SMILES string of the molecule is COc1ccc2[nH]c(-c3ccc(-c4ccc(C5CCC(CC(=O)O)CC5)cc4)cc3F)nc2n1. The molecular formula is C27H26FN3O3. The molecule has 0 bridgehead atoms. The number of carboxylic acids is 1. The Bertz CT molecular complexity index is 1320. The van der Waals surface area contributed by atoms with E-state index in [0.29, 0.717) is 40.3 Å². The van der Waals surface area contributed by atoms with Gasteiger partial charge in [-0.25, -0.2) is 9.37 Å². The molecule has 5 rings (SSSR count). The van der Waals surface area contributed by atoms with Crippen molar-refractivity contribution in [1.82, 2.24) is 15.0 Å². The van der Waals surface area contributed by atoms with Gasteiger partial charge in [0.1, 0.15) is 11.6 Å². The first kappa shape index (κ1) is 22.1. The summed E-state index contributed by atoms with van der Waals surface area (Å²) in [6.07, 6.45) is 4.20. The second kappa shape index (κ2) is 9.25. The number of nitrogens with one attached hydrogen (secondary N) is 1. The van der Waals surface area contributed by atoms with Gasteiger partial charge in [0, 0.05) is 12.5 Å². The van der Waals surface area contributed by atoms with Crippen LogP contribution in [0, 0.1) is 11.7 Å². The predicted molar refractivity (Wildman–Crippen MR) is 128 cm³/mol. The molecule has 2 heterocycles. The van der Waals surface area contributed by atoms with Crippen molar-refractivity contribution in [3.8, 4) is 28.4 Å². The summed E-state index contributed by atoms with van der Waals surface area (Å²) in [5.41, 5.74) is 4.59. The molecular weight excluding hydrogens is 433 g/mol. The summed E-state index contributed by atoms with van der Waals surface area (Å²) in [6, 6.07) is 17.0. The van der Waals surface area contributed by atoms with Crippen LogP contribution in [0.5, 0.6) is 5.88 Å². The molecule has 1 aliphatic carbocycles. The van der Waals surface area contributed by atoms with Gasteiger partial charge in [-0.1, -0.05) is 30.3 Å². The Morgan fingerprint density at radius 2 is 1.76 bits per heavy atom. The van der Waals surface area contributed by atoms with Gasteiger partial charge < -0.3 is 14.8 Å². The third-order valence-corrected chi connectivity index (χ3v) is 6.78. The average Bonchev–Trinajstić information content (AvgIpc) is 3.27. The molecule has 7 heteroatoms. The molecule has 1 aliphatic rings. The van der Waals surface area contributed by atoms with Crippen molar-refractivity contribution >= 4 is 17.1 Å². The Labute approximate surface area is 196 Å². The number of nitrogens with zero attached hydrogens (tertiary/aromatic N) is 2. The van der Waals surface area contributed by atoms with E-state index in [4.69, 9.17) is 9.84 Å². The third-order valence-electron chi connectivity index (χ3n) is 6.78. The molecule has 4 aromatic rings. The van der Waals surface area contributed by atoms with Gasteiger partial charge in [0.25, 0.3) is 0 Å². The lowest BCUT2D eigenvalue weighted by Gasteiger charge is -2.28. The van der Waals surface area contributed by atoms with E-state index in [1.807, 2.05) is 24.3 Å². The van der Waals surface area contributed by atoms with Crippen LogP contribution in [0.3, 0.4) is 0 Å². The predicted octanol–water partition coefficient (Wildman–Crippen LogP) is 6.19. The molecule has 0 saturated heterocycles. The number of aliphatic carboxylic acids is 1. The monoisotopic (exact) mass is 459 g/mol. The number of hydrogen-bond donors (Lipinski definition) is 2. The zero-order chi connectivity index (χ0) is 23.7. The normalized spacial score (nSPS) is 18.2. The van der Waals surface area contributed by atoms with Gasteiger partial charge in [-0.15, -0.1) is 0 Å². The lowest BCUT2D eigenvalue weighted by molar-refractivity contribution is -0.138. The summed E-state index contributed by atoms with van der Waals surface area (Å²) >= 11 is 0. The highest BCUT2D eigenvalue weighted by Gasteiger charge is 2.24. The van der Waals surface area contributed by atoms with Gasteiger partial charge in [-0.2, -0.15) is 4.98 Å². The number of pyridine rings is 1. The van der Waals surface area contributed by atoms with Crippen LogP contribution in [0.4, 0.5) is 4.39 Å². The van der Waals surface area contributed by atoms with Gasteiger partial charge in [0.15, 0.2) is 5.65 Å². The highest BCUT2D eigenvalue weighted by molar-refractivity contribution is 5.77. The van der Waals surface area contributed by atoms with E-state index in [2.05, 4.69) is 27.1 Å². The summed E-state index contributed by atoms with van der Waals surface area (Å²) in [5.74, 6) is 0.567. The molecule has 1 saturated carbocycles. The van der Waals surface area contributed by atoms with E-state index in [1.165, 1.54) is 11.6 Å². The Morgan fingerprint density at radius 1 is 1.03 bits per heavy atom. The van der Waals surface area contributed by atoms with Crippen LogP contribution in [0.25, 0.3) is 33.7 Å². The molecule has 0 atom stereocenters. The zero-order valence-corrected chi connectivity index (χ0v) is 18.9. The quantitative estimate of drug-likeness (QED) is 0.359. The average molecular weight is 460 g/mol.